The van der Waals surface area contributed by atoms with Gasteiger partial charge in [-0.05, 0) is 55.9 Å². The first-order valence-corrected chi connectivity index (χ1v) is 14.6. The van der Waals surface area contributed by atoms with Gasteiger partial charge < -0.3 is 0 Å². The topological polar surface area (TPSA) is 68.3 Å². The minimum atomic E-state index is -7.21. The Labute approximate surface area is 211 Å². The van der Waals surface area contributed by atoms with Gasteiger partial charge in [0, 0.05) is 6.42 Å². The summed E-state index contributed by atoms with van der Waals surface area (Å²) in [6, 6.07) is 0. The van der Waals surface area contributed by atoms with E-state index in [4.69, 9.17) is 0 Å². The molecule has 4 nitrogen and oxygen atoms in total. The summed E-state index contributed by atoms with van der Waals surface area (Å²) in [5, 5.41) is 0. The average Bonchev–Trinajstić information content (AvgIpc) is 2.68. The molecule has 5 aliphatic rings. The molecular weight excluding hydrogens is 582 g/mol. The first-order valence-electron chi connectivity index (χ1n) is 11.4. The minimum Gasteiger partial charge on any atom is -0.244 e. The van der Waals surface area contributed by atoms with Gasteiger partial charge in [0.1, 0.15) is 5.67 Å². The Morgan fingerprint density at radius 1 is 0.816 bits per heavy atom. The van der Waals surface area contributed by atoms with Crippen LogP contribution < -0.4 is 0 Å². The van der Waals surface area contributed by atoms with Crippen molar-refractivity contribution in [1.29, 1.82) is 0 Å². The summed E-state index contributed by atoms with van der Waals surface area (Å²) in [5.74, 6) is -4.73. The SMILES string of the molecule is O=S(=O)(CC(C(F)(F)F)(C(F)(F)F)C(F)(F)F)/C(=C1\C=CC=CC1)S(=O)(=O)C12CC3CC(CC(F)(C3)C1)C2. The van der Waals surface area contributed by atoms with E-state index in [1.165, 1.54) is 6.08 Å². The van der Waals surface area contributed by atoms with E-state index >= 15 is 4.39 Å². The number of alkyl halides is 10. The van der Waals surface area contributed by atoms with Crippen LogP contribution in [0, 0.1) is 17.3 Å². The van der Waals surface area contributed by atoms with E-state index in [9.17, 15) is 56.3 Å². The quantitative estimate of drug-likeness (QED) is 0.347. The second-order valence-electron chi connectivity index (χ2n) is 10.8. The predicted octanol–water partition coefficient (Wildman–Crippen LogP) is 6.28. The molecule has 0 aromatic heterocycles. The van der Waals surface area contributed by atoms with Crippen molar-refractivity contribution in [3.05, 3.63) is 34.1 Å². The van der Waals surface area contributed by atoms with Crippen LogP contribution in [0.1, 0.15) is 44.9 Å². The van der Waals surface area contributed by atoms with E-state index in [0.29, 0.717) is 6.42 Å². The largest absolute Gasteiger partial charge is 0.413 e. The van der Waals surface area contributed by atoms with Gasteiger partial charge in [0.05, 0.1) is 10.5 Å². The summed E-state index contributed by atoms with van der Waals surface area (Å²) in [4.78, 5) is 0. The summed E-state index contributed by atoms with van der Waals surface area (Å²) in [6.45, 7) is 0. The normalized spacial score (nSPS) is 33.6. The molecule has 0 saturated heterocycles. The third-order valence-corrected chi connectivity index (χ3v) is 13.5. The molecule has 0 heterocycles. The molecule has 2 atom stereocenters. The molecule has 0 spiro atoms. The number of allylic oxidation sites excluding steroid dienone is 5. The summed E-state index contributed by atoms with van der Waals surface area (Å²) in [6.07, 6.45) is -19.0. The lowest BCUT2D eigenvalue weighted by molar-refractivity contribution is -0.418. The molecule has 2 unspecified atom stereocenters. The molecule has 216 valence electrons. The van der Waals surface area contributed by atoms with Crippen molar-refractivity contribution in [2.75, 3.05) is 5.75 Å². The van der Waals surface area contributed by atoms with Gasteiger partial charge in [0.15, 0.2) is 23.9 Å². The molecule has 5 aliphatic carbocycles. The summed E-state index contributed by atoms with van der Waals surface area (Å²) >= 11 is 0. The molecule has 0 N–H and O–H groups in total. The van der Waals surface area contributed by atoms with E-state index in [2.05, 4.69) is 0 Å². The molecule has 5 rings (SSSR count). The fourth-order valence-corrected chi connectivity index (χ4v) is 12.9. The Hall–Kier alpha value is -1.58. The van der Waals surface area contributed by atoms with Crippen LogP contribution in [0.4, 0.5) is 43.9 Å². The van der Waals surface area contributed by atoms with Crippen molar-refractivity contribution >= 4 is 19.7 Å². The molecule has 4 fully saturated rings. The highest BCUT2D eigenvalue weighted by Crippen LogP contribution is 2.64. The Kier molecular flexibility index (Phi) is 6.55. The molecule has 0 aromatic rings. The van der Waals surface area contributed by atoms with Gasteiger partial charge in [0.25, 0.3) is 5.41 Å². The van der Waals surface area contributed by atoms with E-state index in [-0.39, 0.29) is 25.7 Å². The van der Waals surface area contributed by atoms with Crippen LogP contribution >= 0.6 is 0 Å². The maximum absolute atomic E-state index is 15.5. The first kappa shape index (κ1) is 29.4. The third kappa shape index (κ3) is 4.31. The minimum absolute atomic E-state index is 0.0403. The zero-order valence-corrected chi connectivity index (χ0v) is 21.0. The number of rotatable bonds is 5. The van der Waals surface area contributed by atoms with Gasteiger partial charge in [-0.2, -0.15) is 39.5 Å². The first-order chi connectivity index (χ1) is 17.0. The molecule has 38 heavy (non-hydrogen) atoms. The van der Waals surface area contributed by atoms with Crippen LogP contribution in [0.25, 0.3) is 0 Å². The van der Waals surface area contributed by atoms with E-state index in [1.54, 1.807) is 0 Å². The van der Waals surface area contributed by atoms with Crippen LogP contribution in [-0.4, -0.2) is 51.5 Å². The molecule has 4 saturated carbocycles. The molecule has 0 aliphatic heterocycles. The Morgan fingerprint density at radius 3 is 1.71 bits per heavy atom. The molecule has 16 heteroatoms. The lowest BCUT2D eigenvalue weighted by Gasteiger charge is -2.58. The Bertz CT molecular complexity index is 1250. The Balaban J connectivity index is 1.95. The summed E-state index contributed by atoms with van der Waals surface area (Å²) < 4.78 is 189. The molecule has 0 radical (unpaired) electrons. The smallest absolute Gasteiger partial charge is 0.244 e. The lowest BCUT2D eigenvalue weighted by Crippen LogP contribution is -2.64. The maximum atomic E-state index is 15.5. The molecule has 0 aromatic carbocycles. The highest BCUT2D eigenvalue weighted by Gasteiger charge is 2.85. The second-order valence-corrected chi connectivity index (χ2v) is 15.2. The van der Waals surface area contributed by atoms with Gasteiger partial charge in [-0.25, -0.2) is 21.2 Å². The highest BCUT2D eigenvalue weighted by molar-refractivity contribution is 8.15. The van der Waals surface area contributed by atoms with Gasteiger partial charge in [-0.3, -0.25) is 0 Å². The Morgan fingerprint density at radius 2 is 1.32 bits per heavy atom. The second kappa shape index (κ2) is 8.46. The predicted molar refractivity (Wildman–Crippen MR) is 114 cm³/mol. The van der Waals surface area contributed by atoms with Crippen LogP contribution in [0.5, 0.6) is 0 Å². The number of sulfone groups is 2. The average molecular weight is 605 g/mol. The van der Waals surface area contributed by atoms with Gasteiger partial charge >= 0.3 is 18.5 Å². The number of hydrogen-bond acceptors (Lipinski definition) is 4. The standard InChI is InChI=1S/C22H22F10O4S2/c23-17-7-13-6-14(8-17)10-18(9-13,11-17)38(35,36)16(15-4-2-1-3-5-15)37(33,34)12-19(20(24,25)26,21(27,28)29)22(30,31)32/h1-4,13-14H,5-12H2/b16-15-. The summed E-state index contributed by atoms with van der Waals surface area (Å²) in [7, 11) is -11.9. The molecular formula is C22H22F10O4S2. The van der Waals surface area contributed by atoms with E-state index < -0.39 is 94.3 Å². The van der Waals surface area contributed by atoms with Gasteiger partial charge in [-0.1, -0.05) is 24.3 Å². The van der Waals surface area contributed by atoms with Crippen LogP contribution in [-0.2, 0) is 19.7 Å². The third-order valence-electron chi connectivity index (χ3n) is 8.04. The lowest BCUT2D eigenvalue weighted by atomic mass is 9.54. The van der Waals surface area contributed by atoms with Crippen LogP contribution in [0.2, 0.25) is 0 Å². The van der Waals surface area contributed by atoms with Crippen LogP contribution in [0.3, 0.4) is 0 Å². The van der Waals surface area contributed by atoms with Crippen LogP contribution in [0.15, 0.2) is 34.1 Å². The maximum Gasteiger partial charge on any atom is 0.413 e. The van der Waals surface area contributed by atoms with Crippen molar-refractivity contribution in [3.63, 3.8) is 0 Å². The zero-order valence-electron chi connectivity index (χ0n) is 19.4. The van der Waals surface area contributed by atoms with Crippen molar-refractivity contribution in [1.82, 2.24) is 0 Å². The van der Waals surface area contributed by atoms with E-state index in [1.807, 2.05) is 0 Å². The zero-order chi connectivity index (χ0) is 28.8. The monoisotopic (exact) mass is 604 g/mol. The number of hydrogen-bond donors (Lipinski definition) is 0. The van der Waals surface area contributed by atoms with Crippen molar-refractivity contribution in [2.45, 2.75) is 73.9 Å². The van der Waals surface area contributed by atoms with Crippen molar-refractivity contribution in [3.8, 4) is 0 Å². The van der Waals surface area contributed by atoms with Crippen molar-refractivity contribution in [2.24, 2.45) is 17.3 Å². The molecule has 0 amide bonds. The van der Waals surface area contributed by atoms with Gasteiger partial charge in [-0.15, -0.1) is 0 Å². The van der Waals surface area contributed by atoms with Gasteiger partial charge in [0.2, 0.25) is 0 Å². The van der Waals surface area contributed by atoms with Crippen molar-refractivity contribution < 1.29 is 60.7 Å². The fraction of sp³-hybridized carbons (Fsp3) is 0.727. The highest BCUT2D eigenvalue weighted by atomic mass is 32.3. The number of halogens is 10. The fourth-order valence-electron chi connectivity index (χ4n) is 6.86. The molecule has 4 bridgehead atoms. The summed E-state index contributed by atoms with van der Waals surface area (Å²) in [5.41, 5.74) is -9.60. The van der Waals surface area contributed by atoms with E-state index in [0.717, 1.165) is 18.2 Å².